The van der Waals surface area contributed by atoms with Crippen molar-refractivity contribution in [3.8, 4) is 0 Å². The Morgan fingerprint density at radius 1 is 1.44 bits per heavy atom. The number of carbonyl (C=O) groups is 1. The summed E-state index contributed by atoms with van der Waals surface area (Å²) in [4.78, 5) is 14.0. The first-order chi connectivity index (χ1) is 7.45. The van der Waals surface area contributed by atoms with Crippen molar-refractivity contribution in [3.63, 3.8) is 0 Å². The molecule has 4 heteroatoms. The summed E-state index contributed by atoms with van der Waals surface area (Å²) in [5.41, 5.74) is 5.96. The Bertz CT molecular complexity index is 235. The molecule has 16 heavy (non-hydrogen) atoms. The molecule has 0 spiro atoms. The smallest absolute Gasteiger partial charge is 0.239 e. The maximum absolute atomic E-state index is 12.1. The summed E-state index contributed by atoms with van der Waals surface area (Å²) in [6.45, 7) is 9.38. The molecule has 0 aromatic carbocycles. The number of ether oxygens (including phenoxy) is 1. The third-order valence-corrected chi connectivity index (χ3v) is 3.27. The lowest BCUT2D eigenvalue weighted by Gasteiger charge is -2.37. The van der Waals surface area contributed by atoms with Gasteiger partial charge in [0.25, 0.3) is 0 Å². The molecule has 1 aliphatic heterocycles. The number of amides is 1. The zero-order chi connectivity index (χ0) is 12.3. The third kappa shape index (κ3) is 3.19. The van der Waals surface area contributed by atoms with Crippen LogP contribution in [0.4, 0.5) is 0 Å². The van der Waals surface area contributed by atoms with E-state index in [9.17, 15) is 4.79 Å². The molecule has 1 amide bonds. The summed E-state index contributed by atoms with van der Waals surface area (Å²) in [6, 6.07) is -0.373. The Morgan fingerprint density at radius 3 is 2.38 bits per heavy atom. The number of rotatable bonds is 3. The normalized spacial score (nSPS) is 29.9. The van der Waals surface area contributed by atoms with E-state index in [2.05, 4.69) is 6.92 Å². The zero-order valence-electron chi connectivity index (χ0n) is 10.8. The van der Waals surface area contributed by atoms with Gasteiger partial charge < -0.3 is 15.4 Å². The molecule has 0 aromatic rings. The first-order valence-corrected chi connectivity index (χ1v) is 6.15. The Balaban J connectivity index is 2.59. The lowest BCUT2D eigenvalue weighted by Crippen LogP contribution is -2.54. The first kappa shape index (κ1) is 13.5. The van der Waals surface area contributed by atoms with Gasteiger partial charge in [0.05, 0.1) is 18.2 Å². The highest BCUT2D eigenvalue weighted by molar-refractivity contribution is 5.82. The van der Waals surface area contributed by atoms with Crippen molar-refractivity contribution in [1.29, 1.82) is 0 Å². The lowest BCUT2D eigenvalue weighted by molar-refractivity contribution is -0.145. The largest absolute Gasteiger partial charge is 0.372 e. The van der Waals surface area contributed by atoms with Crippen molar-refractivity contribution in [2.75, 3.05) is 13.1 Å². The predicted molar refractivity (Wildman–Crippen MR) is 64.0 cm³/mol. The van der Waals surface area contributed by atoms with Crippen LogP contribution in [0.2, 0.25) is 0 Å². The maximum atomic E-state index is 12.1. The van der Waals surface area contributed by atoms with Gasteiger partial charge in [0.2, 0.25) is 5.91 Å². The van der Waals surface area contributed by atoms with Crippen molar-refractivity contribution in [3.05, 3.63) is 0 Å². The van der Waals surface area contributed by atoms with Gasteiger partial charge in [-0.25, -0.2) is 0 Å². The van der Waals surface area contributed by atoms with E-state index in [0.29, 0.717) is 13.1 Å². The van der Waals surface area contributed by atoms with E-state index in [1.165, 1.54) is 0 Å². The number of nitrogens with two attached hydrogens (primary N) is 1. The van der Waals surface area contributed by atoms with Crippen LogP contribution in [0, 0.1) is 5.92 Å². The van der Waals surface area contributed by atoms with Crippen LogP contribution in [-0.4, -0.2) is 42.1 Å². The molecule has 1 aliphatic rings. The van der Waals surface area contributed by atoms with Crippen LogP contribution in [0.1, 0.15) is 34.1 Å². The van der Waals surface area contributed by atoms with Crippen molar-refractivity contribution >= 4 is 5.91 Å². The summed E-state index contributed by atoms with van der Waals surface area (Å²) in [5, 5.41) is 0. The highest BCUT2D eigenvalue weighted by Crippen LogP contribution is 2.14. The monoisotopic (exact) mass is 228 g/mol. The molecule has 4 nitrogen and oxygen atoms in total. The van der Waals surface area contributed by atoms with Crippen LogP contribution in [-0.2, 0) is 9.53 Å². The summed E-state index contributed by atoms with van der Waals surface area (Å²) in [5.74, 6) is 0.303. The molecule has 1 rings (SSSR count). The molecule has 4 atom stereocenters. The van der Waals surface area contributed by atoms with Crippen molar-refractivity contribution in [1.82, 2.24) is 4.90 Å². The second kappa shape index (κ2) is 5.64. The second-order valence-electron chi connectivity index (χ2n) is 4.91. The predicted octanol–water partition coefficient (Wildman–Crippen LogP) is 0.996. The van der Waals surface area contributed by atoms with Crippen LogP contribution in [0.25, 0.3) is 0 Å². The summed E-state index contributed by atoms with van der Waals surface area (Å²) in [7, 11) is 0. The molecule has 1 unspecified atom stereocenters. The maximum Gasteiger partial charge on any atom is 0.239 e. The highest BCUT2D eigenvalue weighted by atomic mass is 16.5. The van der Waals surface area contributed by atoms with E-state index in [0.717, 1.165) is 6.42 Å². The van der Waals surface area contributed by atoms with E-state index in [-0.39, 0.29) is 30.1 Å². The van der Waals surface area contributed by atoms with Gasteiger partial charge in [-0.1, -0.05) is 20.3 Å². The average molecular weight is 228 g/mol. The van der Waals surface area contributed by atoms with Crippen molar-refractivity contribution in [2.45, 2.75) is 52.4 Å². The Labute approximate surface area is 98.1 Å². The Morgan fingerprint density at radius 2 is 1.94 bits per heavy atom. The molecule has 1 saturated heterocycles. The van der Waals surface area contributed by atoms with Crippen LogP contribution in [0.15, 0.2) is 0 Å². The molecule has 0 saturated carbocycles. The summed E-state index contributed by atoms with van der Waals surface area (Å²) in [6.07, 6.45) is 1.15. The zero-order valence-corrected chi connectivity index (χ0v) is 10.8. The van der Waals surface area contributed by atoms with Crippen LogP contribution >= 0.6 is 0 Å². The molecule has 2 N–H and O–H groups in total. The fourth-order valence-electron chi connectivity index (χ4n) is 2.07. The molecule has 0 aliphatic carbocycles. The number of hydrogen-bond donors (Lipinski definition) is 1. The fourth-order valence-corrected chi connectivity index (χ4v) is 2.07. The van der Waals surface area contributed by atoms with Crippen LogP contribution in [0.5, 0.6) is 0 Å². The molecule has 0 bridgehead atoms. The minimum absolute atomic E-state index is 0.0661. The number of nitrogens with zero attached hydrogens (tertiary/aromatic N) is 1. The van der Waals surface area contributed by atoms with Crippen molar-refractivity contribution in [2.24, 2.45) is 11.7 Å². The fraction of sp³-hybridized carbons (Fsp3) is 0.917. The molecule has 1 heterocycles. The van der Waals surface area contributed by atoms with Gasteiger partial charge in [-0.3, -0.25) is 4.79 Å². The second-order valence-corrected chi connectivity index (χ2v) is 4.91. The van der Waals surface area contributed by atoms with Gasteiger partial charge in [0.1, 0.15) is 0 Å². The number of hydrogen-bond acceptors (Lipinski definition) is 3. The molecular formula is C12H24N2O2. The summed E-state index contributed by atoms with van der Waals surface area (Å²) < 4.78 is 5.60. The van der Waals surface area contributed by atoms with E-state index in [4.69, 9.17) is 10.5 Å². The van der Waals surface area contributed by atoms with E-state index in [1.54, 1.807) is 0 Å². The van der Waals surface area contributed by atoms with Gasteiger partial charge in [0.15, 0.2) is 0 Å². The van der Waals surface area contributed by atoms with E-state index in [1.807, 2.05) is 25.7 Å². The minimum Gasteiger partial charge on any atom is -0.372 e. The molecule has 1 fully saturated rings. The first-order valence-electron chi connectivity index (χ1n) is 6.15. The number of carbonyl (C=O) groups excluding carboxylic acids is 1. The minimum atomic E-state index is -0.373. The molecule has 94 valence electrons. The Hall–Kier alpha value is -0.610. The SMILES string of the molecule is CCC(C)[C@H](N)C(=O)N1C[C@@H](C)O[C@@H](C)C1. The number of morpholine rings is 1. The Kier molecular flexibility index (Phi) is 4.74. The van der Waals surface area contributed by atoms with E-state index >= 15 is 0 Å². The average Bonchev–Trinajstić information content (AvgIpc) is 2.24. The van der Waals surface area contributed by atoms with Gasteiger partial charge >= 0.3 is 0 Å². The van der Waals surface area contributed by atoms with Crippen LogP contribution in [0.3, 0.4) is 0 Å². The van der Waals surface area contributed by atoms with E-state index < -0.39 is 0 Å². The quantitative estimate of drug-likeness (QED) is 0.784. The topological polar surface area (TPSA) is 55.6 Å². The van der Waals surface area contributed by atoms with Crippen molar-refractivity contribution < 1.29 is 9.53 Å². The molecular weight excluding hydrogens is 204 g/mol. The summed E-state index contributed by atoms with van der Waals surface area (Å²) >= 11 is 0. The molecule has 0 radical (unpaired) electrons. The van der Waals surface area contributed by atoms with Gasteiger partial charge in [-0.2, -0.15) is 0 Å². The van der Waals surface area contributed by atoms with Gasteiger partial charge in [-0.15, -0.1) is 0 Å². The highest BCUT2D eigenvalue weighted by Gasteiger charge is 2.30. The van der Waals surface area contributed by atoms with Crippen LogP contribution < -0.4 is 5.73 Å². The van der Waals surface area contributed by atoms with Gasteiger partial charge in [0, 0.05) is 13.1 Å². The molecule has 0 aromatic heterocycles. The lowest BCUT2D eigenvalue weighted by atomic mass is 9.98. The standard InChI is InChI=1S/C12H24N2O2/c1-5-8(2)11(13)12(15)14-6-9(3)16-10(4)7-14/h8-11H,5-7,13H2,1-4H3/t8?,9-,10+,11-/m0/s1. The van der Waals surface area contributed by atoms with Gasteiger partial charge in [-0.05, 0) is 19.8 Å². The third-order valence-electron chi connectivity index (χ3n) is 3.27.